The van der Waals surface area contributed by atoms with E-state index in [0.29, 0.717) is 5.69 Å². The van der Waals surface area contributed by atoms with Crippen LogP contribution in [0, 0.1) is 0 Å². The van der Waals surface area contributed by atoms with Crippen molar-refractivity contribution in [3.63, 3.8) is 0 Å². The molecule has 66 valence electrons. The number of hydrogen-bond acceptors (Lipinski definition) is 4. The fraction of sp³-hybridized carbons (Fsp3) is 0.500. The minimum absolute atomic E-state index is 0.550. The van der Waals surface area contributed by atoms with Crippen molar-refractivity contribution in [1.29, 1.82) is 0 Å². The number of aldehydes is 1. The Labute approximate surface area is 76.0 Å². The van der Waals surface area contributed by atoms with Crippen LogP contribution in [0.5, 0.6) is 0 Å². The van der Waals surface area contributed by atoms with Crippen molar-refractivity contribution >= 4 is 17.6 Å². The van der Waals surface area contributed by atoms with E-state index in [2.05, 4.69) is 9.88 Å². The lowest BCUT2D eigenvalue weighted by Gasteiger charge is -2.06. The minimum atomic E-state index is 0.550. The van der Waals surface area contributed by atoms with Crippen LogP contribution in [0.1, 0.15) is 15.5 Å². The zero-order valence-corrected chi connectivity index (χ0v) is 8.10. The van der Waals surface area contributed by atoms with E-state index in [0.717, 1.165) is 24.3 Å². The molecule has 0 spiro atoms. The quantitative estimate of drug-likeness (QED) is 0.656. The minimum Gasteiger partial charge on any atom is -0.309 e. The maximum absolute atomic E-state index is 10.3. The first-order valence-electron chi connectivity index (χ1n) is 3.76. The summed E-state index contributed by atoms with van der Waals surface area (Å²) in [6.07, 6.45) is 1.71. The van der Waals surface area contributed by atoms with E-state index in [9.17, 15) is 4.79 Å². The first kappa shape index (κ1) is 9.35. The standard InChI is InChI=1S/C8H12N2OS/c1-10(2)4-3-8-9-7(5-11)6-12-8/h5-6H,3-4H2,1-2H3. The van der Waals surface area contributed by atoms with Gasteiger partial charge in [0.25, 0.3) is 0 Å². The summed E-state index contributed by atoms with van der Waals surface area (Å²) in [5.74, 6) is 0. The molecule has 3 nitrogen and oxygen atoms in total. The van der Waals surface area contributed by atoms with Crippen LogP contribution in [0.15, 0.2) is 5.38 Å². The van der Waals surface area contributed by atoms with Gasteiger partial charge >= 0.3 is 0 Å². The Balaban J connectivity index is 2.47. The van der Waals surface area contributed by atoms with Gasteiger partial charge in [0.15, 0.2) is 6.29 Å². The Hall–Kier alpha value is -0.740. The van der Waals surface area contributed by atoms with Gasteiger partial charge in [-0.1, -0.05) is 0 Å². The van der Waals surface area contributed by atoms with Crippen LogP contribution in [0.3, 0.4) is 0 Å². The van der Waals surface area contributed by atoms with Crippen LogP contribution in [-0.4, -0.2) is 36.8 Å². The number of thiazole rings is 1. The number of carbonyl (C=O) groups excluding carboxylic acids is 1. The number of aromatic nitrogens is 1. The molecule has 1 rings (SSSR count). The Bertz CT molecular complexity index is 257. The summed E-state index contributed by atoms with van der Waals surface area (Å²) in [5.41, 5.74) is 0.550. The van der Waals surface area contributed by atoms with E-state index in [1.807, 2.05) is 14.1 Å². The molecule has 0 unspecified atom stereocenters. The summed E-state index contributed by atoms with van der Waals surface area (Å²) in [5, 5.41) is 2.82. The summed E-state index contributed by atoms with van der Waals surface area (Å²) in [4.78, 5) is 16.5. The normalized spacial score (nSPS) is 10.6. The van der Waals surface area contributed by atoms with Gasteiger partial charge in [-0.25, -0.2) is 4.98 Å². The number of nitrogens with zero attached hydrogens (tertiary/aromatic N) is 2. The summed E-state index contributed by atoms with van der Waals surface area (Å²) in [6.45, 7) is 0.978. The van der Waals surface area contributed by atoms with E-state index in [1.54, 1.807) is 16.7 Å². The number of rotatable bonds is 4. The molecule has 0 fully saturated rings. The van der Waals surface area contributed by atoms with Gasteiger partial charge < -0.3 is 4.90 Å². The monoisotopic (exact) mass is 184 g/mol. The lowest BCUT2D eigenvalue weighted by molar-refractivity contribution is 0.111. The molecule has 0 saturated heterocycles. The molecule has 1 aromatic heterocycles. The van der Waals surface area contributed by atoms with Crippen molar-refractivity contribution in [3.05, 3.63) is 16.1 Å². The molecule has 0 aromatic carbocycles. The molecule has 0 N–H and O–H groups in total. The molecule has 0 saturated carbocycles. The summed E-state index contributed by atoms with van der Waals surface area (Å²) < 4.78 is 0. The first-order chi connectivity index (χ1) is 5.72. The molecule has 0 aliphatic carbocycles. The van der Waals surface area contributed by atoms with E-state index >= 15 is 0 Å². The van der Waals surface area contributed by atoms with Crippen molar-refractivity contribution in [1.82, 2.24) is 9.88 Å². The summed E-state index contributed by atoms with van der Waals surface area (Å²) >= 11 is 1.55. The van der Waals surface area contributed by atoms with Crippen molar-refractivity contribution in [2.75, 3.05) is 20.6 Å². The molecular weight excluding hydrogens is 172 g/mol. The third-order valence-corrected chi connectivity index (χ3v) is 2.39. The molecule has 0 aliphatic rings. The van der Waals surface area contributed by atoms with Crippen molar-refractivity contribution in [3.8, 4) is 0 Å². The maximum Gasteiger partial charge on any atom is 0.169 e. The molecule has 1 aromatic rings. The second-order valence-corrected chi connectivity index (χ2v) is 3.78. The van der Waals surface area contributed by atoms with E-state index in [1.165, 1.54) is 0 Å². The number of carbonyl (C=O) groups is 1. The predicted molar refractivity (Wildman–Crippen MR) is 49.8 cm³/mol. The zero-order chi connectivity index (χ0) is 8.97. The Morgan fingerprint density at radius 1 is 1.67 bits per heavy atom. The summed E-state index contributed by atoms with van der Waals surface area (Å²) in [7, 11) is 4.04. The molecule has 12 heavy (non-hydrogen) atoms. The lowest BCUT2D eigenvalue weighted by Crippen LogP contribution is -2.14. The second-order valence-electron chi connectivity index (χ2n) is 2.84. The SMILES string of the molecule is CN(C)CCc1nc(C=O)cs1. The highest BCUT2D eigenvalue weighted by molar-refractivity contribution is 7.09. The van der Waals surface area contributed by atoms with Gasteiger partial charge in [-0.05, 0) is 14.1 Å². The molecule has 0 amide bonds. The van der Waals surface area contributed by atoms with E-state index in [-0.39, 0.29) is 0 Å². The van der Waals surface area contributed by atoms with Crippen LogP contribution in [-0.2, 0) is 6.42 Å². The molecular formula is C8H12N2OS. The van der Waals surface area contributed by atoms with Crippen LogP contribution in [0.2, 0.25) is 0 Å². The molecule has 0 atom stereocenters. The van der Waals surface area contributed by atoms with Gasteiger partial charge in [0.05, 0.1) is 5.01 Å². The van der Waals surface area contributed by atoms with Gasteiger partial charge in [0.2, 0.25) is 0 Å². The van der Waals surface area contributed by atoms with Crippen LogP contribution in [0.4, 0.5) is 0 Å². The predicted octanol–water partition coefficient (Wildman–Crippen LogP) is 1.06. The average molecular weight is 184 g/mol. The van der Waals surface area contributed by atoms with Gasteiger partial charge in [0.1, 0.15) is 5.69 Å². The molecule has 1 heterocycles. The largest absolute Gasteiger partial charge is 0.309 e. The Morgan fingerprint density at radius 2 is 2.42 bits per heavy atom. The third-order valence-electron chi connectivity index (χ3n) is 1.46. The third kappa shape index (κ3) is 2.71. The maximum atomic E-state index is 10.3. The van der Waals surface area contributed by atoms with Crippen molar-refractivity contribution in [2.24, 2.45) is 0 Å². The first-order valence-corrected chi connectivity index (χ1v) is 4.64. The molecule has 0 aliphatic heterocycles. The van der Waals surface area contributed by atoms with Gasteiger partial charge in [-0.3, -0.25) is 4.79 Å². The second kappa shape index (κ2) is 4.33. The van der Waals surface area contributed by atoms with Gasteiger partial charge in [0, 0.05) is 18.3 Å². The highest BCUT2D eigenvalue weighted by Crippen LogP contribution is 2.08. The van der Waals surface area contributed by atoms with Crippen LogP contribution in [0.25, 0.3) is 0 Å². The Morgan fingerprint density at radius 3 is 2.92 bits per heavy atom. The van der Waals surface area contributed by atoms with Crippen LogP contribution >= 0.6 is 11.3 Å². The molecule has 0 bridgehead atoms. The molecule has 4 heteroatoms. The average Bonchev–Trinajstić information content (AvgIpc) is 2.48. The topological polar surface area (TPSA) is 33.2 Å². The van der Waals surface area contributed by atoms with Gasteiger partial charge in [-0.15, -0.1) is 11.3 Å². The molecule has 0 radical (unpaired) electrons. The Kier molecular flexibility index (Phi) is 3.37. The van der Waals surface area contributed by atoms with E-state index < -0.39 is 0 Å². The van der Waals surface area contributed by atoms with E-state index in [4.69, 9.17) is 0 Å². The number of hydrogen-bond donors (Lipinski definition) is 0. The highest BCUT2D eigenvalue weighted by Gasteiger charge is 2.00. The van der Waals surface area contributed by atoms with Gasteiger partial charge in [-0.2, -0.15) is 0 Å². The fourth-order valence-electron chi connectivity index (χ4n) is 0.813. The highest BCUT2D eigenvalue weighted by atomic mass is 32.1. The van der Waals surface area contributed by atoms with Crippen molar-refractivity contribution in [2.45, 2.75) is 6.42 Å². The smallest absolute Gasteiger partial charge is 0.169 e. The number of likely N-dealkylation sites (N-methyl/N-ethyl adjacent to an activating group) is 1. The fourth-order valence-corrected chi connectivity index (χ4v) is 1.55. The zero-order valence-electron chi connectivity index (χ0n) is 7.28. The van der Waals surface area contributed by atoms with Crippen molar-refractivity contribution < 1.29 is 4.79 Å². The summed E-state index contributed by atoms with van der Waals surface area (Å²) in [6, 6.07) is 0. The lowest BCUT2D eigenvalue weighted by atomic mass is 10.4. The van der Waals surface area contributed by atoms with Crippen LogP contribution < -0.4 is 0 Å².